The Morgan fingerprint density at radius 3 is 3.07 bits per heavy atom. The number of hydrogen-bond donors (Lipinski definition) is 0. The van der Waals surface area contributed by atoms with Crippen LogP contribution in [0.2, 0.25) is 0 Å². The molecule has 0 radical (unpaired) electrons. The van der Waals surface area contributed by atoms with Crippen LogP contribution in [0.4, 0.5) is 4.79 Å². The Kier molecular flexibility index (Phi) is 3.50. The zero-order valence-corrected chi connectivity index (χ0v) is 8.06. The smallest absolute Gasteiger partial charge is 0.438 e. The molecule has 0 aromatic rings. The van der Waals surface area contributed by atoms with Crippen LogP contribution >= 0.6 is 0 Å². The molecule has 0 spiro atoms. The van der Waals surface area contributed by atoms with Gasteiger partial charge in [0.05, 0.1) is 20.1 Å². The van der Waals surface area contributed by atoms with Crippen LogP contribution < -0.4 is 0 Å². The quantitative estimate of drug-likeness (QED) is 0.492. The first-order valence-corrected chi connectivity index (χ1v) is 4.30. The lowest BCUT2D eigenvalue weighted by molar-refractivity contribution is -0.127. The first-order chi connectivity index (χ1) is 6.67. The zero-order chi connectivity index (χ0) is 10.6. The average molecular weight is 199 g/mol. The number of methoxy groups -OCH3 is 1. The molecule has 1 heterocycles. The summed E-state index contributed by atoms with van der Waals surface area (Å²) in [6.45, 7) is 4.44. The maximum atomic E-state index is 11.3. The maximum Gasteiger partial charge on any atom is 0.508 e. The van der Waals surface area contributed by atoms with E-state index in [9.17, 15) is 9.59 Å². The van der Waals surface area contributed by atoms with Gasteiger partial charge in [0.1, 0.15) is 6.10 Å². The third-order valence-corrected chi connectivity index (χ3v) is 1.96. The van der Waals surface area contributed by atoms with E-state index in [2.05, 4.69) is 11.3 Å². The largest absolute Gasteiger partial charge is 0.508 e. The molecule has 5 heteroatoms. The molecule has 0 saturated carbocycles. The summed E-state index contributed by atoms with van der Waals surface area (Å²) in [4.78, 5) is 23.6. The number of hydrogen-bond acceptors (Lipinski definition) is 4. The molecule has 0 aromatic carbocycles. The first-order valence-electron chi connectivity index (χ1n) is 4.30. The third-order valence-electron chi connectivity index (χ3n) is 1.96. The molecule has 1 fully saturated rings. The summed E-state index contributed by atoms with van der Waals surface area (Å²) in [6, 6.07) is 0. The third kappa shape index (κ3) is 2.48. The summed E-state index contributed by atoms with van der Waals surface area (Å²) in [7, 11) is 1.24. The Morgan fingerprint density at radius 2 is 2.50 bits per heavy atom. The minimum Gasteiger partial charge on any atom is -0.438 e. The molecule has 1 rings (SSSR count). The molecule has 1 saturated heterocycles. The van der Waals surface area contributed by atoms with Crippen LogP contribution in [-0.2, 0) is 14.3 Å². The van der Waals surface area contributed by atoms with E-state index in [0.717, 1.165) is 0 Å². The average Bonchev–Trinajstić information content (AvgIpc) is 2.47. The standard InChI is InChI=1S/C9H13NO4/c1-3-4-10-6-7(5-8(10)11)14-9(12)13-2/h3,7H,1,4-6H2,2H3. The Balaban J connectivity index is 2.42. The van der Waals surface area contributed by atoms with Gasteiger partial charge in [-0.05, 0) is 0 Å². The highest BCUT2D eigenvalue weighted by Crippen LogP contribution is 2.14. The van der Waals surface area contributed by atoms with Crippen molar-refractivity contribution in [2.45, 2.75) is 12.5 Å². The van der Waals surface area contributed by atoms with E-state index < -0.39 is 12.3 Å². The molecule has 0 aromatic heterocycles. The van der Waals surface area contributed by atoms with Crippen LogP contribution in [0.25, 0.3) is 0 Å². The predicted molar refractivity (Wildman–Crippen MR) is 48.7 cm³/mol. The van der Waals surface area contributed by atoms with Gasteiger partial charge in [-0.1, -0.05) is 6.08 Å². The Bertz CT molecular complexity index is 251. The van der Waals surface area contributed by atoms with Crippen LogP contribution in [-0.4, -0.2) is 43.3 Å². The van der Waals surface area contributed by atoms with E-state index >= 15 is 0 Å². The van der Waals surface area contributed by atoms with E-state index in [-0.39, 0.29) is 12.3 Å². The lowest BCUT2D eigenvalue weighted by Gasteiger charge is -2.13. The number of amides is 1. The molecule has 78 valence electrons. The summed E-state index contributed by atoms with van der Waals surface area (Å²) >= 11 is 0. The highest BCUT2D eigenvalue weighted by Gasteiger charge is 2.31. The number of nitrogens with zero attached hydrogens (tertiary/aromatic N) is 1. The Labute approximate surface area is 82.3 Å². The van der Waals surface area contributed by atoms with Crippen LogP contribution in [0.3, 0.4) is 0 Å². The van der Waals surface area contributed by atoms with E-state index in [0.29, 0.717) is 13.1 Å². The second-order valence-corrected chi connectivity index (χ2v) is 2.99. The minimum atomic E-state index is -0.747. The Hall–Kier alpha value is -1.52. The second-order valence-electron chi connectivity index (χ2n) is 2.99. The molecule has 1 amide bonds. The van der Waals surface area contributed by atoms with Gasteiger partial charge < -0.3 is 14.4 Å². The molecule has 1 aliphatic rings. The Morgan fingerprint density at radius 1 is 1.79 bits per heavy atom. The number of likely N-dealkylation sites (tertiary alicyclic amines) is 1. The fourth-order valence-electron chi connectivity index (χ4n) is 1.33. The second kappa shape index (κ2) is 4.64. The van der Waals surface area contributed by atoms with Crippen molar-refractivity contribution < 1.29 is 19.1 Å². The van der Waals surface area contributed by atoms with Crippen molar-refractivity contribution in [2.24, 2.45) is 0 Å². The molecule has 14 heavy (non-hydrogen) atoms. The predicted octanol–water partition coefficient (Wildman–Crippen LogP) is 0.556. The normalized spacial score (nSPS) is 20.8. The van der Waals surface area contributed by atoms with Crippen molar-refractivity contribution in [1.29, 1.82) is 0 Å². The summed E-state index contributed by atoms with van der Waals surface area (Å²) in [5.41, 5.74) is 0. The molecule has 0 bridgehead atoms. The van der Waals surface area contributed by atoms with Gasteiger partial charge in [0.2, 0.25) is 5.91 Å². The van der Waals surface area contributed by atoms with Crippen molar-refractivity contribution in [3.8, 4) is 0 Å². The maximum absolute atomic E-state index is 11.3. The SMILES string of the molecule is C=CCN1CC(OC(=O)OC)CC1=O. The van der Waals surface area contributed by atoms with Crippen LogP contribution in [0.1, 0.15) is 6.42 Å². The molecule has 1 unspecified atom stereocenters. The highest BCUT2D eigenvalue weighted by atomic mass is 16.7. The molecule has 0 aliphatic carbocycles. The van der Waals surface area contributed by atoms with Gasteiger partial charge in [-0.25, -0.2) is 4.79 Å². The van der Waals surface area contributed by atoms with Crippen molar-refractivity contribution in [1.82, 2.24) is 4.90 Å². The number of ether oxygens (including phenoxy) is 2. The van der Waals surface area contributed by atoms with Crippen molar-refractivity contribution in [3.63, 3.8) is 0 Å². The lowest BCUT2D eigenvalue weighted by Crippen LogP contribution is -2.27. The summed E-state index contributed by atoms with van der Waals surface area (Å²) < 4.78 is 9.18. The van der Waals surface area contributed by atoms with Crippen LogP contribution in [0.5, 0.6) is 0 Å². The fourth-order valence-corrected chi connectivity index (χ4v) is 1.33. The molecular weight excluding hydrogens is 186 g/mol. The molecule has 1 atom stereocenters. The fraction of sp³-hybridized carbons (Fsp3) is 0.556. The first kappa shape index (κ1) is 10.6. The number of carbonyl (C=O) groups is 2. The molecular formula is C9H13NO4. The van der Waals surface area contributed by atoms with Gasteiger partial charge in [-0.3, -0.25) is 4.79 Å². The molecule has 0 N–H and O–H groups in total. The van der Waals surface area contributed by atoms with Crippen LogP contribution in [0, 0.1) is 0 Å². The molecule has 1 aliphatic heterocycles. The summed E-state index contributed by atoms with van der Waals surface area (Å²) in [6.07, 6.45) is 0.722. The van der Waals surface area contributed by atoms with Crippen molar-refractivity contribution in [2.75, 3.05) is 20.2 Å². The van der Waals surface area contributed by atoms with E-state index in [1.165, 1.54) is 7.11 Å². The van der Waals surface area contributed by atoms with Crippen LogP contribution in [0.15, 0.2) is 12.7 Å². The topological polar surface area (TPSA) is 55.8 Å². The number of carbonyl (C=O) groups excluding carboxylic acids is 2. The van der Waals surface area contributed by atoms with E-state index in [1.54, 1.807) is 11.0 Å². The van der Waals surface area contributed by atoms with Gasteiger partial charge in [-0.2, -0.15) is 0 Å². The highest BCUT2D eigenvalue weighted by molar-refractivity contribution is 5.79. The van der Waals surface area contributed by atoms with Gasteiger partial charge in [0, 0.05) is 6.54 Å². The van der Waals surface area contributed by atoms with Gasteiger partial charge in [0.15, 0.2) is 0 Å². The lowest BCUT2D eigenvalue weighted by atomic mass is 10.3. The van der Waals surface area contributed by atoms with Crippen molar-refractivity contribution in [3.05, 3.63) is 12.7 Å². The van der Waals surface area contributed by atoms with Gasteiger partial charge in [0.25, 0.3) is 0 Å². The van der Waals surface area contributed by atoms with Gasteiger partial charge >= 0.3 is 6.16 Å². The van der Waals surface area contributed by atoms with Gasteiger partial charge in [-0.15, -0.1) is 6.58 Å². The summed E-state index contributed by atoms with van der Waals surface area (Å²) in [5, 5.41) is 0. The minimum absolute atomic E-state index is 0.0289. The molecule has 5 nitrogen and oxygen atoms in total. The number of rotatable bonds is 3. The van der Waals surface area contributed by atoms with E-state index in [4.69, 9.17) is 4.74 Å². The summed E-state index contributed by atoms with van der Waals surface area (Å²) in [5.74, 6) is -0.0289. The zero-order valence-electron chi connectivity index (χ0n) is 8.06. The van der Waals surface area contributed by atoms with Crippen molar-refractivity contribution >= 4 is 12.1 Å². The van der Waals surface area contributed by atoms with E-state index in [1.807, 2.05) is 0 Å². The monoisotopic (exact) mass is 199 g/mol.